The monoisotopic (exact) mass is 380 g/mol. The van der Waals surface area contributed by atoms with Crippen LogP contribution in [0.15, 0.2) is 53.7 Å². The normalized spacial score (nSPS) is 15.0. The second kappa shape index (κ2) is 7.84. The number of nitrogens with one attached hydrogen (secondary N) is 1. The zero-order chi connectivity index (χ0) is 18.6. The maximum absolute atomic E-state index is 6.24. The van der Waals surface area contributed by atoms with Crippen molar-refractivity contribution in [3.05, 3.63) is 54.1 Å². The van der Waals surface area contributed by atoms with Crippen LogP contribution in [0.5, 0.6) is 11.6 Å². The molecule has 7 heteroatoms. The molecule has 1 N–H and O–H groups in total. The molecule has 1 aliphatic heterocycles. The molecule has 1 atom stereocenters. The number of benzene rings is 2. The molecule has 0 amide bonds. The minimum Gasteiger partial charge on any atom is -0.497 e. The van der Waals surface area contributed by atoms with Crippen LogP contribution >= 0.6 is 11.8 Å². The molecule has 0 saturated heterocycles. The van der Waals surface area contributed by atoms with E-state index in [2.05, 4.69) is 27.4 Å². The lowest BCUT2D eigenvalue weighted by Gasteiger charge is -2.19. The van der Waals surface area contributed by atoms with Crippen molar-refractivity contribution in [2.24, 2.45) is 0 Å². The second-order valence-electron chi connectivity index (χ2n) is 6.06. The average molecular weight is 380 g/mol. The zero-order valence-electron chi connectivity index (χ0n) is 15.2. The highest BCUT2D eigenvalue weighted by molar-refractivity contribution is 7.99. The van der Waals surface area contributed by atoms with Gasteiger partial charge >= 0.3 is 0 Å². The van der Waals surface area contributed by atoms with Gasteiger partial charge in [-0.05, 0) is 36.8 Å². The van der Waals surface area contributed by atoms with Crippen LogP contribution in [0, 0.1) is 0 Å². The number of thioether (sulfide) groups is 1. The summed E-state index contributed by atoms with van der Waals surface area (Å²) in [5, 5.41) is 12.8. The fourth-order valence-corrected chi connectivity index (χ4v) is 3.46. The van der Waals surface area contributed by atoms with Gasteiger partial charge in [0, 0.05) is 22.6 Å². The van der Waals surface area contributed by atoms with E-state index in [1.807, 2.05) is 48.5 Å². The number of anilines is 1. The zero-order valence-corrected chi connectivity index (χ0v) is 16.0. The first-order valence-electron chi connectivity index (χ1n) is 8.82. The van der Waals surface area contributed by atoms with Gasteiger partial charge in [0.2, 0.25) is 11.0 Å². The molecule has 27 heavy (non-hydrogen) atoms. The SMILES string of the molecule is CCCSc1nnc2c(n1)O[C@@H](c1ccc(OC)cc1)Nc1ccccc1-2. The number of aromatic nitrogens is 3. The van der Waals surface area contributed by atoms with E-state index in [1.165, 1.54) is 0 Å². The molecule has 1 aromatic heterocycles. The molecule has 2 heterocycles. The van der Waals surface area contributed by atoms with E-state index in [1.54, 1.807) is 18.9 Å². The predicted molar refractivity (Wildman–Crippen MR) is 106 cm³/mol. The van der Waals surface area contributed by atoms with Gasteiger partial charge in [0.05, 0.1) is 7.11 Å². The summed E-state index contributed by atoms with van der Waals surface area (Å²) in [7, 11) is 1.65. The third kappa shape index (κ3) is 3.68. The summed E-state index contributed by atoms with van der Waals surface area (Å²) >= 11 is 1.58. The van der Waals surface area contributed by atoms with Gasteiger partial charge in [0.25, 0.3) is 0 Å². The van der Waals surface area contributed by atoms with Crippen LogP contribution in [0.25, 0.3) is 11.3 Å². The maximum Gasteiger partial charge on any atom is 0.247 e. The molecule has 0 spiro atoms. The number of rotatable bonds is 5. The Labute approximate surface area is 162 Å². The molecule has 3 aromatic rings. The Hall–Kier alpha value is -2.80. The second-order valence-corrected chi connectivity index (χ2v) is 7.12. The van der Waals surface area contributed by atoms with Crippen molar-refractivity contribution >= 4 is 17.4 Å². The first-order chi connectivity index (χ1) is 13.3. The highest BCUT2D eigenvalue weighted by Gasteiger charge is 2.25. The number of para-hydroxylation sites is 1. The van der Waals surface area contributed by atoms with Crippen molar-refractivity contribution in [1.82, 2.24) is 15.2 Å². The first kappa shape index (κ1) is 17.6. The summed E-state index contributed by atoms with van der Waals surface area (Å²) in [5.41, 5.74) is 3.48. The number of nitrogens with zero attached hydrogens (tertiary/aromatic N) is 3. The van der Waals surface area contributed by atoms with E-state index < -0.39 is 0 Å². The maximum atomic E-state index is 6.24. The molecule has 138 valence electrons. The Bertz CT molecular complexity index is 934. The molecule has 0 unspecified atom stereocenters. The lowest BCUT2D eigenvalue weighted by atomic mass is 10.1. The average Bonchev–Trinajstić information content (AvgIpc) is 2.88. The van der Waals surface area contributed by atoms with Crippen molar-refractivity contribution in [3.63, 3.8) is 0 Å². The van der Waals surface area contributed by atoms with Gasteiger partial charge in [0.15, 0.2) is 11.9 Å². The van der Waals surface area contributed by atoms with Gasteiger partial charge in [-0.25, -0.2) is 0 Å². The summed E-state index contributed by atoms with van der Waals surface area (Å²) in [4.78, 5) is 4.62. The topological polar surface area (TPSA) is 69.2 Å². The Morgan fingerprint density at radius 2 is 1.93 bits per heavy atom. The van der Waals surface area contributed by atoms with E-state index in [0.29, 0.717) is 16.7 Å². The van der Waals surface area contributed by atoms with E-state index in [-0.39, 0.29) is 6.23 Å². The van der Waals surface area contributed by atoms with Crippen molar-refractivity contribution in [1.29, 1.82) is 0 Å². The number of ether oxygens (including phenoxy) is 2. The van der Waals surface area contributed by atoms with Crippen molar-refractivity contribution in [2.45, 2.75) is 24.7 Å². The highest BCUT2D eigenvalue weighted by atomic mass is 32.2. The fraction of sp³-hybridized carbons (Fsp3) is 0.250. The number of hydrogen-bond donors (Lipinski definition) is 1. The van der Waals surface area contributed by atoms with Crippen LogP contribution in [0.4, 0.5) is 5.69 Å². The summed E-state index contributed by atoms with van der Waals surface area (Å²) in [6.07, 6.45) is 0.657. The van der Waals surface area contributed by atoms with Crippen molar-refractivity contribution < 1.29 is 9.47 Å². The molecule has 0 saturated carbocycles. The van der Waals surface area contributed by atoms with Gasteiger partial charge in [-0.1, -0.05) is 36.9 Å². The van der Waals surface area contributed by atoms with Crippen molar-refractivity contribution in [3.8, 4) is 22.9 Å². The van der Waals surface area contributed by atoms with Crippen LogP contribution in [0.3, 0.4) is 0 Å². The van der Waals surface area contributed by atoms with E-state index in [9.17, 15) is 0 Å². The summed E-state index contributed by atoms with van der Waals surface area (Å²) < 4.78 is 11.5. The molecule has 0 aliphatic carbocycles. The van der Waals surface area contributed by atoms with Gasteiger partial charge in [-0.15, -0.1) is 10.2 Å². The standard InChI is InChI=1S/C20H20N4O2S/c1-3-12-27-20-22-19-17(23-24-20)15-6-4-5-7-16(15)21-18(26-19)13-8-10-14(25-2)11-9-13/h4-11,18,21H,3,12H2,1-2H3/t18-/m0/s1. The largest absolute Gasteiger partial charge is 0.497 e. The Morgan fingerprint density at radius 1 is 1.11 bits per heavy atom. The van der Waals surface area contributed by atoms with Gasteiger partial charge < -0.3 is 14.8 Å². The van der Waals surface area contributed by atoms with Crippen LogP contribution in [0.1, 0.15) is 25.1 Å². The number of fused-ring (bicyclic) bond motifs is 3. The quantitative estimate of drug-likeness (QED) is 0.651. The third-order valence-electron chi connectivity index (χ3n) is 4.19. The van der Waals surface area contributed by atoms with Crippen LogP contribution in [-0.4, -0.2) is 28.0 Å². The summed E-state index contributed by atoms with van der Waals surface area (Å²) in [6.45, 7) is 2.13. The molecule has 4 rings (SSSR count). The van der Waals surface area contributed by atoms with Gasteiger partial charge in [-0.2, -0.15) is 4.98 Å². The molecular weight excluding hydrogens is 360 g/mol. The third-order valence-corrected chi connectivity index (χ3v) is 5.23. The minimum atomic E-state index is -0.390. The van der Waals surface area contributed by atoms with Crippen LogP contribution in [0.2, 0.25) is 0 Å². The minimum absolute atomic E-state index is 0.390. The molecule has 2 aromatic carbocycles. The Morgan fingerprint density at radius 3 is 2.70 bits per heavy atom. The van der Waals surface area contributed by atoms with Crippen molar-refractivity contribution in [2.75, 3.05) is 18.2 Å². The molecule has 1 aliphatic rings. The first-order valence-corrected chi connectivity index (χ1v) is 9.81. The smallest absolute Gasteiger partial charge is 0.247 e. The molecule has 0 bridgehead atoms. The van der Waals surface area contributed by atoms with Crippen LogP contribution in [-0.2, 0) is 0 Å². The van der Waals surface area contributed by atoms with Gasteiger partial charge in [-0.3, -0.25) is 0 Å². The number of hydrogen-bond acceptors (Lipinski definition) is 7. The highest BCUT2D eigenvalue weighted by Crippen LogP contribution is 2.39. The molecule has 6 nitrogen and oxygen atoms in total. The van der Waals surface area contributed by atoms with E-state index in [4.69, 9.17) is 9.47 Å². The fourth-order valence-electron chi connectivity index (χ4n) is 2.83. The van der Waals surface area contributed by atoms with E-state index in [0.717, 1.165) is 34.7 Å². The summed E-state index contributed by atoms with van der Waals surface area (Å²) in [5.74, 6) is 2.23. The van der Waals surface area contributed by atoms with E-state index >= 15 is 0 Å². The lowest BCUT2D eigenvalue weighted by molar-refractivity contribution is 0.225. The summed E-state index contributed by atoms with van der Waals surface area (Å²) in [6, 6.07) is 15.7. The lowest BCUT2D eigenvalue weighted by Crippen LogP contribution is -2.17. The molecular formula is C20H20N4O2S. The number of methoxy groups -OCH3 is 1. The molecule has 0 fully saturated rings. The molecule has 0 radical (unpaired) electrons. The Balaban J connectivity index is 1.75. The Kier molecular flexibility index (Phi) is 5.11. The predicted octanol–water partition coefficient (Wildman–Crippen LogP) is 4.55. The van der Waals surface area contributed by atoms with Crippen LogP contribution < -0.4 is 14.8 Å². The van der Waals surface area contributed by atoms with Gasteiger partial charge in [0.1, 0.15) is 5.75 Å².